The van der Waals surface area contributed by atoms with Gasteiger partial charge in [-0.25, -0.2) is 23.4 Å². The lowest BCUT2D eigenvalue weighted by Crippen LogP contribution is -2.48. The molecule has 2 amide bonds. The van der Waals surface area contributed by atoms with Crippen molar-refractivity contribution in [1.29, 1.82) is 0 Å². The molecule has 7 aliphatic rings. The van der Waals surface area contributed by atoms with Crippen LogP contribution in [-0.2, 0) is 79.0 Å². The van der Waals surface area contributed by atoms with Gasteiger partial charge in [0.25, 0.3) is 11.8 Å². The molecule has 7 aromatic carbocycles. The average Bonchev–Trinajstić information content (AvgIpc) is 1.62. The summed E-state index contributed by atoms with van der Waals surface area (Å²) in [6.45, 7) is 31.5. The summed E-state index contributed by atoms with van der Waals surface area (Å²) in [5, 5.41) is 38.6. The maximum atomic E-state index is 12.0. The van der Waals surface area contributed by atoms with E-state index in [1.807, 2.05) is 150 Å². The highest BCUT2D eigenvalue weighted by Gasteiger charge is 2.38. The van der Waals surface area contributed by atoms with Crippen molar-refractivity contribution in [1.82, 2.24) is 29.3 Å². The number of benzene rings is 7. The number of carbonyl (C=O) groups excluding carboxylic acids is 4. The van der Waals surface area contributed by atoms with E-state index in [9.17, 15) is 48.0 Å². The van der Waals surface area contributed by atoms with Crippen molar-refractivity contribution in [2.75, 3.05) is 59.8 Å². The molecule has 6 N–H and O–H groups in total. The molecule has 2 saturated heterocycles. The van der Waals surface area contributed by atoms with Crippen LogP contribution in [0, 0.1) is 40.0 Å². The SMILES string of the molecule is CN1CC(=O)OB(c2ccc(O[C@@H]3CCc4c(Br)cccc43)cc2)OC(=O)C1.Cc1cc(OCCC(C)(C)O)cc(C)c1Br.Cc1nc(OCCC(C)(C)O)ccc1-c1cccc2c1CC[C@H]2Oc1ccc(C2=CC(=O)NS2=O)cc1.Cc1nc(OCCC(C)(C)O)ccc1B1OCC(C)(C)CO1.Cc1nc(OCCC(C)(C)O)ccc1Br.O=C1C=C(c2ccc(O[C@@H]3CCc4c(Br)cccc43)cc2)S(=O)N1. The number of rotatable bonds is 27. The van der Waals surface area contributed by atoms with Crippen molar-refractivity contribution >= 4 is 144 Å². The van der Waals surface area contributed by atoms with Crippen LogP contribution in [0.1, 0.15) is 205 Å². The Morgan fingerprint density at radius 3 is 1.23 bits per heavy atom. The largest absolute Gasteiger partial charge is 0.636 e. The average molecular weight is 2240 g/mol. The van der Waals surface area contributed by atoms with E-state index in [-0.39, 0.29) is 55.7 Å². The first-order valence-corrected chi connectivity index (χ1v) is 52.5. The summed E-state index contributed by atoms with van der Waals surface area (Å²) in [6.07, 6.45) is 10.6. The highest BCUT2D eigenvalue weighted by Crippen LogP contribution is 2.44. The fourth-order valence-electron chi connectivity index (χ4n) is 15.9. The van der Waals surface area contributed by atoms with Crippen LogP contribution in [0.5, 0.6) is 40.6 Å². The molecule has 0 bridgehead atoms. The molecule has 4 aliphatic heterocycles. The number of aromatic nitrogens is 3. The van der Waals surface area contributed by atoms with E-state index < -0.39 is 63.4 Å². The molecular formula is C107H124B2Br4N6O21S2. The Hall–Kier alpha value is -9.98. The zero-order valence-electron chi connectivity index (χ0n) is 82.9. The first kappa shape index (κ1) is 111. The van der Waals surface area contributed by atoms with Crippen molar-refractivity contribution in [2.45, 2.75) is 209 Å². The molecule has 3 aliphatic carbocycles. The lowest BCUT2D eigenvalue weighted by Gasteiger charge is -2.33. The smallest absolute Gasteiger partial charge is 0.494 e. The van der Waals surface area contributed by atoms with Crippen LogP contribution < -0.4 is 53.5 Å². The van der Waals surface area contributed by atoms with E-state index in [2.05, 4.69) is 138 Å². The number of aryl methyl sites for hydroxylation is 5. The van der Waals surface area contributed by atoms with Crippen LogP contribution in [0.2, 0.25) is 0 Å². The van der Waals surface area contributed by atoms with Gasteiger partial charge in [0.1, 0.15) is 41.3 Å². The molecule has 27 nitrogen and oxygen atoms in total. The van der Waals surface area contributed by atoms with Gasteiger partial charge in [-0.2, -0.15) is 0 Å². The molecule has 2 fully saturated rings. The third-order valence-electron chi connectivity index (χ3n) is 23.6. The Morgan fingerprint density at radius 1 is 0.444 bits per heavy atom. The number of pyridine rings is 3. The van der Waals surface area contributed by atoms with Crippen LogP contribution in [0.25, 0.3) is 20.9 Å². The van der Waals surface area contributed by atoms with E-state index in [1.165, 1.54) is 56.7 Å². The second kappa shape index (κ2) is 49.7. The number of fused-ring (bicyclic) bond motifs is 3. The van der Waals surface area contributed by atoms with Crippen LogP contribution >= 0.6 is 63.7 Å². The van der Waals surface area contributed by atoms with E-state index in [0.29, 0.717) is 104 Å². The fourth-order valence-corrected chi connectivity index (χ4v) is 19.3. The van der Waals surface area contributed by atoms with Gasteiger partial charge in [-0.1, -0.05) is 147 Å². The number of halogens is 4. The number of amides is 2. The lowest BCUT2D eigenvalue weighted by molar-refractivity contribution is -0.145. The molecule has 7 heterocycles. The van der Waals surface area contributed by atoms with Crippen LogP contribution in [0.15, 0.2) is 206 Å². The molecule has 0 spiro atoms. The standard InChI is InChI=1S/C29H30N2O5S.C20H19BBrNO5.C18H14BrNO3S.C16H26BNO4.C13H19BrO2.C11H16BrNO2/c1-18-21(12-14-28(30-18)35-16-15-29(2,3)33)22-5-4-6-24-23(22)11-13-25(24)36-20-9-7-19(8-10-20)26-17-27(32)31-37(26)34;1-23-11-19(24)27-21(28-20(25)12-23)13-5-7-14(8-6-13)26-18-10-9-15-16(18)3-2-4-17(15)22;19-15-3-1-2-14-13(15)8-9-16(14)23-12-6-4-11(5-7-12)17-10-18(21)20-24(17)22;1-12-13(17-21-10-15(2,3)11-22-17)6-7-14(18-12)20-9-8-16(4,5)19;1-9-7-11(8-10(2)12(9)14)16-6-5-13(3,4)15;1-8-9(12)4-5-10(13-8)15-7-6-11(2,3)14/h4-10,12,14,17,25,33H,11,13,15-16H2,1-3H3,(H,31,32);2-8,18H,9-12H2,1H3;1-7,10,16H,8-9H2,(H,20,21);6-7,19H,8-11H2,1-5H3;7-8,15H,5-6H2,1-4H3;4-5,14H,6-7H2,1-3H3/t25-,37?;18-;16-,24?;;;/m111.../s1. The summed E-state index contributed by atoms with van der Waals surface area (Å²) in [6, 6.07) is 55.9. The maximum absolute atomic E-state index is 12.0. The molecule has 5 atom stereocenters. The highest BCUT2D eigenvalue weighted by molar-refractivity contribution is 9.11. The minimum atomic E-state index is -1.51. The monoisotopic (exact) mass is 2230 g/mol. The molecule has 17 rings (SSSR count). The third kappa shape index (κ3) is 33.0. The first-order chi connectivity index (χ1) is 67.1. The first-order valence-electron chi connectivity index (χ1n) is 47.1. The van der Waals surface area contributed by atoms with Gasteiger partial charge in [0, 0.05) is 114 Å². The number of ether oxygens (including phenoxy) is 7. The molecule has 142 heavy (non-hydrogen) atoms. The van der Waals surface area contributed by atoms with Crippen molar-refractivity contribution < 1.29 is 99.8 Å². The zero-order valence-corrected chi connectivity index (χ0v) is 90.8. The van der Waals surface area contributed by atoms with Gasteiger partial charge in [-0.15, -0.1) is 0 Å². The predicted molar refractivity (Wildman–Crippen MR) is 567 cm³/mol. The van der Waals surface area contributed by atoms with E-state index in [4.69, 9.17) is 51.8 Å². The second-order valence-electron chi connectivity index (χ2n) is 39.0. The van der Waals surface area contributed by atoms with E-state index >= 15 is 0 Å². The summed E-state index contributed by atoms with van der Waals surface area (Å²) in [4.78, 5) is 62.4. The lowest BCUT2D eigenvalue weighted by atomic mass is 9.75. The van der Waals surface area contributed by atoms with Crippen LogP contribution in [-0.4, -0.2) is 169 Å². The minimum absolute atomic E-state index is 0.00550. The third-order valence-corrected chi connectivity index (χ3v) is 29.5. The van der Waals surface area contributed by atoms with Crippen molar-refractivity contribution in [3.05, 3.63) is 279 Å². The van der Waals surface area contributed by atoms with Gasteiger partial charge in [0.05, 0.1) is 77.4 Å². The van der Waals surface area contributed by atoms with Crippen LogP contribution in [0.3, 0.4) is 0 Å². The quantitative estimate of drug-likeness (QED) is 0.0260. The zero-order chi connectivity index (χ0) is 103. The van der Waals surface area contributed by atoms with Gasteiger partial charge in [0.15, 0.2) is 22.0 Å². The normalized spacial score (nSPS) is 18.0. The summed E-state index contributed by atoms with van der Waals surface area (Å²) in [5.74, 6) is 3.24. The summed E-state index contributed by atoms with van der Waals surface area (Å²) >= 11 is 14.1. The number of likely N-dealkylation sites (N-methyl/N-ethyl adjacent to an activating group) is 1. The molecule has 0 saturated carbocycles. The molecule has 35 heteroatoms. The van der Waals surface area contributed by atoms with Gasteiger partial charge in [0.2, 0.25) is 17.6 Å². The molecular weight excluding hydrogens is 2110 g/mol. The Kier molecular flexibility index (Phi) is 38.8. The minimum Gasteiger partial charge on any atom is -0.494 e. The predicted octanol–water partition coefficient (Wildman–Crippen LogP) is 18.7. The Morgan fingerprint density at radius 2 is 0.824 bits per heavy atom. The Labute approximate surface area is 871 Å². The van der Waals surface area contributed by atoms with E-state index in [0.717, 1.165) is 118 Å². The molecule has 754 valence electrons. The number of hydrogen-bond donors (Lipinski definition) is 6. The van der Waals surface area contributed by atoms with Gasteiger partial charge in [-0.05, 0) is 292 Å². The van der Waals surface area contributed by atoms with Gasteiger partial charge < -0.3 is 72.2 Å². The number of nitrogens with one attached hydrogen (secondary N) is 2. The molecule has 3 aromatic heterocycles. The number of nitrogens with zero attached hydrogens (tertiary/aromatic N) is 4. The summed E-state index contributed by atoms with van der Waals surface area (Å²) < 4.78 is 96.0. The van der Waals surface area contributed by atoms with Crippen LogP contribution in [0.4, 0.5) is 0 Å². The summed E-state index contributed by atoms with van der Waals surface area (Å²) in [5.41, 5.74) is 14.9. The van der Waals surface area contributed by atoms with Crippen molar-refractivity contribution in [2.24, 2.45) is 5.41 Å². The highest BCUT2D eigenvalue weighted by atomic mass is 79.9. The Balaban J connectivity index is 0.000000156. The van der Waals surface area contributed by atoms with E-state index in [1.54, 1.807) is 91.6 Å². The number of aliphatic hydroxyl groups is 4. The molecule has 0 radical (unpaired) electrons. The maximum Gasteiger partial charge on any atom is 0.636 e. The number of carbonyl (C=O) groups is 4. The molecule has 2 unspecified atom stereocenters. The fraction of sp³-hybridized carbons (Fsp3) is 0.393. The second-order valence-corrected chi connectivity index (χ2v) is 44.7. The topological polar surface area (TPSA) is 351 Å². The van der Waals surface area contributed by atoms with Crippen molar-refractivity contribution in [3.63, 3.8) is 0 Å². The van der Waals surface area contributed by atoms with Crippen molar-refractivity contribution in [3.8, 4) is 51.8 Å². The number of hydrogen-bond acceptors (Lipinski definition) is 25. The summed E-state index contributed by atoms with van der Waals surface area (Å²) in [7, 11) is -2.71. The Bertz CT molecular complexity index is 6180. The molecule has 10 aromatic rings. The van der Waals surface area contributed by atoms with Gasteiger partial charge in [-0.3, -0.25) is 33.5 Å². The van der Waals surface area contributed by atoms with Gasteiger partial charge >= 0.3 is 26.2 Å².